The minimum absolute atomic E-state index is 0.00844. The van der Waals surface area contributed by atoms with Crippen LogP contribution in [-0.2, 0) is 20.8 Å². The van der Waals surface area contributed by atoms with Crippen LogP contribution in [0.25, 0.3) is 11.3 Å². The third kappa shape index (κ3) is 7.91. The van der Waals surface area contributed by atoms with Crippen LogP contribution in [0.3, 0.4) is 0 Å². The van der Waals surface area contributed by atoms with Crippen molar-refractivity contribution in [1.29, 1.82) is 0 Å². The Morgan fingerprint density at radius 2 is 1.91 bits per heavy atom. The molecule has 0 aliphatic carbocycles. The minimum Gasteiger partial charge on any atom is -0.480 e. The fraction of sp³-hybridized carbons (Fsp3) is 0.441. The lowest BCUT2D eigenvalue weighted by molar-refractivity contribution is -0.118. The van der Waals surface area contributed by atoms with Crippen molar-refractivity contribution in [3.05, 3.63) is 60.2 Å². The zero-order valence-corrected chi connectivity index (χ0v) is 27.0. The Labute approximate surface area is 273 Å². The summed E-state index contributed by atoms with van der Waals surface area (Å²) in [6, 6.07) is 17.2. The molecule has 1 aromatic carbocycles. The Bertz CT molecular complexity index is 1640. The van der Waals surface area contributed by atoms with Crippen molar-refractivity contribution in [2.75, 3.05) is 36.5 Å². The fourth-order valence-electron chi connectivity index (χ4n) is 5.75. The standard InChI is InChI=1S/C34H40N6O7/c1-21-15-25(19-39(21)33(43)47-34(2,3)4)45-30-10-6-9-26(36-30)23-8-5-7-22(16-23)17-35-14-13-24-18-40(32(42)46-24)28-12-11-27-31(37-28)38-29(41)20-44-27/h5-12,16,21,24-25,35H,13-15,17-20H2,1-4H3,(H,37,38,41)/t21-,24-,25-/m0/s1. The molecule has 13 heteroatoms. The van der Waals surface area contributed by atoms with Gasteiger partial charge in [-0.25, -0.2) is 19.6 Å². The van der Waals surface area contributed by atoms with E-state index in [-0.39, 0.29) is 36.9 Å². The number of anilines is 2. The minimum atomic E-state index is -0.553. The zero-order valence-electron chi connectivity index (χ0n) is 27.0. The SMILES string of the molecule is C[C@H]1C[C@H](Oc2cccc(-c3cccc(CNCC[C@H]4CN(c5ccc6c(n5)NC(=O)CO6)C(=O)O4)c3)n2)CN1C(=O)OC(C)(C)C. The van der Waals surface area contributed by atoms with Gasteiger partial charge in [-0.05, 0) is 70.5 Å². The maximum absolute atomic E-state index is 12.6. The highest BCUT2D eigenvalue weighted by atomic mass is 16.6. The van der Waals surface area contributed by atoms with Crippen molar-refractivity contribution < 1.29 is 33.3 Å². The topological polar surface area (TPSA) is 144 Å². The van der Waals surface area contributed by atoms with Gasteiger partial charge in [0.1, 0.15) is 23.6 Å². The molecule has 2 N–H and O–H groups in total. The van der Waals surface area contributed by atoms with E-state index in [2.05, 4.69) is 21.7 Å². The number of hydrogen-bond donors (Lipinski definition) is 2. The van der Waals surface area contributed by atoms with Crippen molar-refractivity contribution in [2.45, 2.75) is 70.9 Å². The van der Waals surface area contributed by atoms with E-state index in [1.165, 1.54) is 4.90 Å². The number of benzene rings is 1. The van der Waals surface area contributed by atoms with E-state index in [1.807, 2.05) is 64.1 Å². The maximum atomic E-state index is 12.6. The highest BCUT2D eigenvalue weighted by Crippen LogP contribution is 2.31. The van der Waals surface area contributed by atoms with Crippen LogP contribution in [0, 0.1) is 0 Å². The van der Waals surface area contributed by atoms with Crippen LogP contribution in [0.5, 0.6) is 11.6 Å². The van der Waals surface area contributed by atoms with Crippen LogP contribution in [0.1, 0.15) is 46.1 Å². The smallest absolute Gasteiger partial charge is 0.415 e. The Kier molecular flexibility index (Phi) is 9.17. The summed E-state index contributed by atoms with van der Waals surface area (Å²) in [6.07, 6.45) is 0.0536. The average Bonchev–Trinajstić information content (AvgIpc) is 3.59. The first-order chi connectivity index (χ1) is 22.5. The molecular weight excluding hydrogens is 604 g/mol. The number of pyridine rings is 2. The molecule has 3 atom stereocenters. The van der Waals surface area contributed by atoms with Crippen LogP contribution in [0.4, 0.5) is 21.2 Å². The molecule has 3 amide bonds. The Balaban J connectivity index is 0.986. The van der Waals surface area contributed by atoms with Crippen LogP contribution >= 0.6 is 0 Å². The van der Waals surface area contributed by atoms with Gasteiger partial charge >= 0.3 is 12.2 Å². The first-order valence-corrected chi connectivity index (χ1v) is 15.9. The Hall–Kier alpha value is -4.91. The third-order valence-electron chi connectivity index (χ3n) is 7.98. The molecule has 5 heterocycles. The Morgan fingerprint density at radius 3 is 2.74 bits per heavy atom. The Morgan fingerprint density at radius 1 is 1.09 bits per heavy atom. The first-order valence-electron chi connectivity index (χ1n) is 15.9. The number of likely N-dealkylation sites (tertiary alicyclic amines) is 1. The summed E-state index contributed by atoms with van der Waals surface area (Å²) in [7, 11) is 0. The van der Waals surface area contributed by atoms with Gasteiger partial charge in [-0.3, -0.25) is 9.69 Å². The largest absolute Gasteiger partial charge is 0.480 e. The molecule has 13 nitrogen and oxygen atoms in total. The first kappa shape index (κ1) is 32.0. The second-order valence-electron chi connectivity index (χ2n) is 13.0. The van der Waals surface area contributed by atoms with Crippen molar-refractivity contribution in [1.82, 2.24) is 20.2 Å². The second-order valence-corrected chi connectivity index (χ2v) is 13.0. The number of fused-ring (bicyclic) bond motifs is 1. The predicted molar refractivity (Wildman–Crippen MR) is 173 cm³/mol. The molecule has 2 fully saturated rings. The molecule has 0 unspecified atom stereocenters. The number of rotatable bonds is 9. The summed E-state index contributed by atoms with van der Waals surface area (Å²) in [6.45, 7) is 9.59. The highest BCUT2D eigenvalue weighted by Gasteiger charge is 2.37. The monoisotopic (exact) mass is 644 g/mol. The average molecular weight is 645 g/mol. The lowest BCUT2D eigenvalue weighted by Gasteiger charge is -2.26. The molecule has 0 radical (unpaired) electrons. The molecule has 0 spiro atoms. The molecule has 0 saturated carbocycles. The summed E-state index contributed by atoms with van der Waals surface area (Å²) in [5.74, 6) is 1.38. The van der Waals surface area contributed by atoms with Gasteiger partial charge in [0.2, 0.25) is 5.88 Å². The van der Waals surface area contributed by atoms with E-state index < -0.39 is 11.7 Å². The van der Waals surface area contributed by atoms with E-state index in [4.69, 9.17) is 23.9 Å². The summed E-state index contributed by atoms with van der Waals surface area (Å²) < 4.78 is 22.7. The number of nitrogens with zero attached hydrogens (tertiary/aromatic N) is 4. The number of carbonyl (C=O) groups excluding carboxylic acids is 3. The van der Waals surface area contributed by atoms with Gasteiger partial charge in [0.05, 0.1) is 18.8 Å². The summed E-state index contributed by atoms with van der Waals surface area (Å²) in [4.78, 5) is 49.1. The van der Waals surface area contributed by atoms with E-state index >= 15 is 0 Å². The number of ether oxygens (including phenoxy) is 4. The van der Waals surface area contributed by atoms with Crippen LogP contribution < -0.4 is 25.0 Å². The van der Waals surface area contributed by atoms with Crippen molar-refractivity contribution >= 4 is 29.7 Å². The lowest BCUT2D eigenvalue weighted by atomic mass is 10.1. The molecule has 2 saturated heterocycles. The molecule has 0 bridgehead atoms. The van der Waals surface area contributed by atoms with Gasteiger partial charge in [-0.2, -0.15) is 0 Å². The van der Waals surface area contributed by atoms with E-state index in [9.17, 15) is 14.4 Å². The highest BCUT2D eigenvalue weighted by molar-refractivity contribution is 5.95. The van der Waals surface area contributed by atoms with Crippen LogP contribution in [0.2, 0.25) is 0 Å². The van der Waals surface area contributed by atoms with E-state index in [0.717, 1.165) is 16.8 Å². The number of nitrogens with one attached hydrogen (secondary N) is 2. The molecule has 6 rings (SSSR count). The zero-order chi connectivity index (χ0) is 33.1. The van der Waals surface area contributed by atoms with Crippen LogP contribution in [0.15, 0.2) is 54.6 Å². The van der Waals surface area contributed by atoms with Gasteiger partial charge in [0, 0.05) is 30.6 Å². The summed E-state index contributed by atoms with van der Waals surface area (Å²) in [5, 5.41) is 6.10. The van der Waals surface area contributed by atoms with Crippen molar-refractivity contribution in [3.8, 4) is 22.9 Å². The predicted octanol–water partition coefficient (Wildman–Crippen LogP) is 4.76. The van der Waals surface area contributed by atoms with Gasteiger partial charge in [-0.15, -0.1) is 0 Å². The van der Waals surface area contributed by atoms with E-state index in [1.54, 1.807) is 17.0 Å². The molecule has 3 aliphatic heterocycles. The quantitative estimate of drug-likeness (QED) is 0.313. The maximum Gasteiger partial charge on any atom is 0.415 e. The van der Waals surface area contributed by atoms with Crippen molar-refractivity contribution in [2.24, 2.45) is 0 Å². The number of cyclic esters (lactones) is 1. The second kappa shape index (κ2) is 13.4. The fourth-order valence-corrected chi connectivity index (χ4v) is 5.75. The number of carbonyl (C=O) groups is 3. The molecule has 3 aromatic rings. The molecule has 248 valence electrons. The molecule has 3 aliphatic rings. The van der Waals surface area contributed by atoms with Gasteiger partial charge in [0.25, 0.3) is 5.91 Å². The van der Waals surface area contributed by atoms with Gasteiger partial charge < -0.3 is 34.5 Å². The number of aromatic nitrogens is 2. The number of hydrogen-bond acceptors (Lipinski definition) is 10. The van der Waals surface area contributed by atoms with Gasteiger partial charge in [0.15, 0.2) is 18.2 Å². The normalized spacial score (nSPS) is 20.7. The van der Waals surface area contributed by atoms with E-state index in [0.29, 0.717) is 62.3 Å². The molecular formula is C34H40N6O7. The lowest BCUT2D eigenvalue weighted by Crippen LogP contribution is -2.39. The molecule has 47 heavy (non-hydrogen) atoms. The van der Waals surface area contributed by atoms with Crippen molar-refractivity contribution in [3.63, 3.8) is 0 Å². The summed E-state index contributed by atoms with van der Waals surface area (Å²) in [5.41, 5.74) is 2.28. The van der Waals surface area contributed by atoms with Crippen LogP contribution in [-0.4, -0.2) is 83.1 Å². The summed E-state index contributed by atoms with van der Waals surface area (Å²) >= 11 is 0. The van der Waals surface area contributed by atoms with Gasteiger partial charge in [-0.1, -0.05) is 24.3 Å². The number of amides is 3. The third-order valence-corrected chi connectivity index (χ3v) is 7.98. The molecule has 2 aromatic heterocycles.